The maximum Gasteiger partial charge on any atom is 0.0991 e. The van der Waals surface area contributed by atoms with E-state index in [1.54, 1.807) is 0 Å². The fourth-order valence-electron chi connectivity index (χ4n) is 3.67. The molecule has 1 N–H and O–H groups in total. The highest BCUT2D eigenvalue weighted by molar-refractivity contribution is 5.32. The molecular weight excluding hydrogens is 258 g/mol. The molecule has 3 aliphatic heterocycles. The van der Waals surface area contributed by atoms with Crippen LogP contribution in [0.15, 0.2) is 24.3 Å². The average molecular weight is 279 g/mol. The Morgan fingerprint density at radius 2 is 2.33 bits per heavy atom. The molecule has 21 heavy (non-hydrogen) atoms. The van der Waals surface area contributed by atoms with Crippen LogP contribution in [0.2, 0.25) is 0 Å². The predicted octanol–water partition coefficient (Wildman–Crippen LogP) is 1.99. The quantitative estimate of drug-likeness (QED) is 0.857. The number of piperidine rings is 3. The first-order chi connectivity index (χ1) is 10.3. The van der Waals surface area contributed by atoms with Crippen LogP contribution in [-0.4, -0.2) is 30.6 Å². The second-order valence-electron chi connectivity index (χ2n) is 6.15. The van der Waals surface area contributed by atoms with Crippen molar-refractivity contribution in [3.05, 3.63) is 35.4 Å². The van der Waals surface area contributed by atoms with Gasteiger partial charge >= 0.3 is 0 Å². The van der Waals surface area contributed by atoms with E-state index in [2.05, 4.69) is 28.3 Å². The lowest BCUT2D eigenvalue weighted by atomic mass is 9.76. The van der Waals surface area contributed by atoms with Gasteiger partial charge in [-0.05, 0) is 43.0 Å². The van der Waals surface area contributed by atoms with Crippen LogP contribution in [0.25, 0.3) is 0 Å². The Morgan fingerprint density at radius 1 is 1.43 bits per heavy atom. The number of fused-ring (bicyclic) bond motifs is 3. The molecule has 3 saturated heterocycles. The molecule has 3 aliphatic rings. The van der Waals surface area contributed by atoms with Crippen LogP contribution in [-0.2, 0) is 6.54 Å². The normalized spacial score (nSPS) is 30.6. The van der Waals surface area contributed by atoms with E-state index in [0.717, 1.165) is 25.2 Å². The van der Waals surface area contributed by atoms with Gasteiger partial charge < -0.3 is 5.32 Å². The molecule has 0 saturated carbocycles. The van der Waals surface area contributed by atoms with Gasteiger partial charge in [-0.3, -0.25) is 4.90 Å². The van der Waals surface area contributed by atoms with Gasteiger partial charge in [-0.15, -0.1) is 12.3 Å². The lowest BCUT2D eigenvalue weighted by Gasteiger charge is -2.48. The van der Waals surface area contributed by atoms with E-state index in [9.17, 15) is 0 Å². The van der Waals surface area contributed by atoms with Crippen molar-refractivity contribution in [1.82, 2.24) is 10.2 Å². The molecule has 1 aromatic carbocycles. The molecule has 3 fully saturated rings. The van der Waals surface area contributed by atoms with E-state index in [1.807, 2.05) is 18.2 Å². The Kier molecular flexibility index (Phi) is 4.25. The Morgan fingerprint density at radius 3 is 3.05 bits per heavy atom. The molecule has 0 amide bonds. The van der Waals surface area contributed by atoms with Crippen molar-refractivity contribution in [3.8, 4) is 18.4 Å². The third kappa shape index (κ3) is 3.10. The number of terminal acetylenes is 1. The molecule has 0 radical (unpaired) electrons. The summed E-state index contributed by atoms with van der Waals surface area (Å²) >= 11 is 0. The van der Waals surface area contributed by atoms with Gasteiger partial charge in [0.15, 0.2) is 0 Å². The maximum absolute atomic E-state index is 8.92. The summed E-state index contributed by atoms with van der Waals surface area (Å²) < 4.78 is 0. The van der Waals surface area contributed by atoms with E-state index >= 15 is 0 Å². The number of nitrogens with zero attached hydrogens (tertiary/aromatic N) is 2. The second-order valence-corrected chi connectivity index (χ2v) is 6.15. The molecule has 0 spiro atoms. The monoisotopic (exact) mass is 279 g/mol. The third-order valence-electron chi connectivity index (χ3n) is 4.86. The van der Waals surface area contributed by atoms with Crippen LogP contribution in [0.4, 0.5) is 0 Å². The number of nitriles is 1. The zero-order valence-electron chi connectivity index (χ0n) is 12.3. The lowest BCUT2D eigenvalue weighted by Crippen LogP contribution is -2.55. The van der Waals surface area contributed by atoms with Gasteiger partial charge in [0.2, 0.25) is 0 Å². The topological polar surface area (TPSA) is 39.1 Å². The number of benzene rings is 1. The summed E-state index contributed by atoms with van der Waals surface area (Å²) in [6.07, 6.45) is 8.10. The molecule has 3 nitrogen and oxygen atoms in total. The van der Waals surface area contributed by atoms with Crippen molar-refractivity contribution in [2.24, 2.45) is 11.8 Å². The second kappa shape index (κ2) is 6.31. The average Bonchev–Trinajstić information content (AvgIpc) is 2.55. The number of hydrogen-bond acceptors (Lipinski definition) is 3. The molecule has 1 aromatic rings. The van der Waals surface area contributed by atoms with E-state index in [1.165, 1.54) is 24.9 Å². The first-order valence-electron chi connectivity index (χ1n) is 7.70. The summed E-state index contributed by atoms with van der Waals surface area (Å²) in [5.74, 6) is 4.13. The van der Waals surface area contributed by atoms with Gasteiger partial charge in [0, 0.05) is 31.6 Å². The van der Waals surface area contributed by atoms with Gasteiger partial charge in [0.1, 0.15) is 0 Å². The highest BCUT2D eigenvalue weighted by atomic mass is 15.2. The Bertz CT molecular complexity index is 581. The standard InChI is InChI=1S/C18H21N3/c1-2-16-13-21-7-6-17(16)9-18(21)12-20-11-15-5-3-4-14(8-15)10-19/h1,3-5,8,16-18,20H,6-7,9,11-13H2. The highest BCUT2D eigenvalue weighted by Gasteiger charge is 2.38. The summed E-state index contributed by atoms with van der Waals surface area (Å²) in [4.78, 5) is 2.54. The van der Waals surface area contributed by atoms with Crippen molar-refractivity contribution in [3.63, 3.8) is 0 Å². The molecule has 4 atom stereocenters. The van der Waals surface area contributed by atoms with Crippen LogP contribution >= 0.6 is 0 Å². The molecule has 4 rings (SSSR count). The molecule has 0 aliphatic carbocycles. The minimum Gasteiger partial charge on any atom is -0.311 e. The summed E-state index contributed by atoms with van der Waals surface area (Å²) in [5.41, 5.74) is 1.90. The Hall–Kier alpha value is -1.81. The van der Waals surface area contributed by atoms with Crippen LogP contribution in [0.5, 0.6) is 0 Å². The summed E-state index contributed by atoms with van der Waals surface area (Å²) in [6.45, 7) is 4.09. The highest BCUT2D eigenvalue weighted by Crippen LogP contribution is 2.35. The molecule has 3 heteroatoms. The van der Waals surface area contributed by atoms with Crippen LogP contribution < -0.4 is 5.32 Å². The SMILES string of the molecule is C#CC1CN2CCC1CC2CNCc1cccc(C#N)c1. The van der Waals surface area contributed by atoms with Crippen LogP contribution in [0, 0.1) is 35.5 Å². The van der Waals surface area contributed by atoms with E-state index < -0.39 is 0 Å². The van der Waals surface area contributed by atoms with Gasteiger partial charge in [-0.1, -0.05) is 12.1 Å². The summed E-state index contributed by atoms with van der Waals surface area (Å²) in [6, 6.07) is 10.6. The largest absolute Gasteiger partial charge is 0.311 e. The molecule has 108 valence electrons. The molecule has 0 aromatic heterocycles. The van der Waals surface area contributed by atoms with Crippen molar-refractivity contribution in [2.75, 3.05) is 19.6 Å². The number of hydrogen-bond donors (Lipinski definition) is 1. The van der Waals surface area contributed by atoms with Crippen molar-refractivity contribution in [2.45, 2.75) is 25.4 Å². The fraction of sp³-hybridized carbons (Fsp3) is 0.500. The van der Waals surface area contributed by atoms with Gasteiger partial charge in [0.25, 0.3) is 0 Å². The van der Waals surface area contributed by atoms with Crippen LogP contribution in [0.3, 0.4) is 0 Å². The molecule has 4 unspecified atom stereocenters. The predicted molar refractivity (Wildman–Crippen MR) is 83.3 cm³/mol. The van der Waals surface area contributed by atoms with Gasteiger partial charge in [-0.2, -0.15) is 5.26 Å². The Labute approximate surface area is 127 Å². The number of nitrogens with one attached hydrogen (secondary N) is 1. The van der Waals surface area contributed by atoms with Crippen molar-refractivity contribution in [1.29, 1.82) is 5.26 Å². The number of rotatable bonds is 4. The lowest BCUT2D eigenvalue weighted by molar-refractivity contribution is 0.0227. The maximum atomic E-state index is 8.92. The van der Waals surface area contributed by atoms with Gasteiger partial charge in [-0.25, -0.2) is 0 Å². The van der Waals surface area contributed by atoms with Crippen molar-refractivity contribution < 1.29 is 0 Å². The zero-order valence-corrected chi connectivity index (χ0v) is 12.3. The minimum atomic E-state index is 0.460. The first-order valence-corrected chi connectivity index (χ1v) is 7.70. The van der Waals surface area contributed by atoms with Crippen molar-refractivity contribution >= 4 is 0 Å². The Balaban J connectivity index is 1.50. The van der Waals surface area contributed by atoms with E-state index in [0.29, 0.717) is 17.9 Å². The summed E-state index contributed by atoms with van der Waals surface area (Å²) in [7, 11) is 0. The minimum absolute atomic E-state index is 0.460. The van der Waals surface area contributed by atoms with E-state index in [4.69, 9.17) is 11.7 Å². The molecule has 2 bridgehead atoms. The molecular formula is C18H21N3. The van der Waals surface area contributed by atoms with Crippen LogP contribution in [0.1, 0.15) is 24.0 Å². The smallest absolute Gasteiger partial charge is 0.0991 e. The molecule has 3 heterocycles. The fourth-order valence-corrected chi connectivity index (χ4v) is 3.67. The summed E-state index contributed by atoms with van der Waals surface area (Å²) in [5, 5.41) is 12.5. The third-order valence-corrected chi connectivity index (χ3v) is 4.86. The van der Waals surface area contributed by atoms with E-state index in [-0.39, 0.29) is 0 Å². The van der Waals surface area contributed by atoms with Gasteiger partial charge in [0.05, 0.1) is 11.6 Å². The first kappa shape index (κ1) is 14.1. The zero-order chi connectivity index (χ0) is 14.7.